The molecule has 0 amide bonds. The fraction of sp³-hybridized carbons (Fsp3) is 0.600. The first-order valence-electron chi connectivity index (χ1n) is 6.51. The lowest BCUT2D eigenvalue weighted by Crippen LogP contribution is -2.30. The van der Waals surface area contributed by atoms with Crippen LogP contribution in [0.25, 0.3) is 0 Å². The second-order valence-electron chi connectivity index (χ2n) is 5.19. The summed E-state index contributed by atoms with van der Waals surface area (Å²) in [4.78, 5) is 0. The zero-order chi connectivity index (χ0) is 12.4. The lowest BCUT2D eigenvalue weighted by molar-refractivity contribution is 0.0332. The van der Waals surface area contributed by atoms with E-state index in [1.54, 1.807) is 0 Å². The Morgan fingerprint density at radius 1 is 1.29 bits per heavy atom. The van der Waals surface area contributed by atoms with Crippen LogP contribution in [0.4, 0.5) is 0 Å². The molecule has 0 saturated carbocycles. The van der Waals surface area contributed by atoms with Crippen LogP contribution in [-0.2, 0) is 4.74 Å². The van der Waals surface area contributed by atoms with Crippen LogP contribution in [0.2, 0.25) is 0 Å². The topological polar surface area (TPSA) is 21.3 Å². The van der Waals surface area contributed by atoms with Gasteiger partial charge in [0.2, 0.25) is 0 Å². The molecule has 1 saturated heterocycles. The highest BCUT2D eigenvalue weighted by Gasteiger charge is 2.30. The first-order valence-corrected chi connectivity index (χ1v) is 6.51. The molecule has 1 aliphatic heterocycles. The van der Waals surface area contributed by atoms with E-state index in [-0.39, 0.29) is 0 Å². The monoisotopic (exact) mass is 233 g/mol. The summed E-state index contributed by atoms with van der Waals surface area (Å²) in [6.07, 6.45) is 3.05. The van der Waals surface area contributed by atoms with Crippen molar-refractivity contribution in [2.75, 3.05) is 7.05 Å². The summed E-state index contributed by atoms with van der Waals surface area (Å²) in [6.45, 7) is 6.49. The van der Waals surface area contributed by atoms with Gasteiger partial charge in [-0.3, -0.25) is 0 Å². The summed E-state index contributed by atoms with van der Waals surface area (Å²) in [6, 6.07) is 6.99. The highest BCUT2D eigenvalue weighted by Crippen LogP contribution is 2.31. The smallest absolute Gasteiger partial charge is 0.0774 e. The van der Waals surface area contributed by atoms with Gasteiger partial charge in [0.25, 0.3) is 0 Å². The Morgan fingerprint density at radius 3 is 2.59 bits per heavy atom. The van der Waals surface area contributed by atoms with E-state index >= 15 is 0 Å². The molecule has 1 fully saturated rings. The standard InChI is InChI=1S/C15H23NO/c1-10-5-7-13(11(2)9-10)15(16-4)14-8-6-12(3)17-14/h5,7,9,12,14-16H,6,8H2,1-4H3. The fourth-order valence-electron chi connectivity index (χ4n) is 2.79. The maximum absolute atomic E-state index is 5.99. The third kappa shape index (κ3) is 2.70. The Bertz CT molecular complexity index is 389. The van der Waals surface area contributed by atoms with Gasteiger partial charge < -0.3 is 10.1 Å². The molecule has 3 atom stereocenters. The van der Waals surface area contributed by atoms with E-state index in [1.807, 2.05) is 7.05 Å². The third-order valence-corrected chi connectivity index (χ3v) is 3.71. The van der Waals surface area contributed by atoms with Crippen molar-refractivity contribution in [3.05, 3.63) is 34.9 Å². The van der Waals surface area contributed by atoms with Crippen LogP contribution in [0.5, 0.6) is 0 Å². The van der Waals surface area contributed by atoms with E-state index < -0.39 is 0 Å². The van der Waals surface area contributed by atoms with Crippen molar-refractivity contribution in [2.24, 2.45) is 0 Å². The predicted octanol–water partition coefficient (Wildman–Crippen LogP) is 3.13. The van der Waals surface area contributed by atoms with Crippen LogP contribution < -0.4 is 5.32 Å². The van der Waals surface area contributed by atoms with E-state index in [0.29, 0.717) is 18.2 Å². The SMILES string of the molecule is CNC(c1ccc(C)cc1C)C1CCC(C)O1. The first-order chi connectivity index (χ1) is 8.11. The Labute approximate surface area is 104 Å². The summed E-state index contributed by atoms with van der Waals surface area (Å²) >= 11 is 0. The lowest BCUT2D eigenvalue weighted by Gasteiger charge is -2.25. The van der Waals surface area contributed by atoms with Gasteiger partial charge in [-0.05, 0) is 51.8 Å². The van der Waals surface area contributed by atoms with Gasteiger partial charge >= 0.3 is 0 Å². The van der Waals surface area contributed by atoms with Gasteiger partial charge in [0.15, 0.2) is 0 Å². The number of aryl methyl sites for hydroxylation is 2. The van der Waals surface area contributed by atoms with Crippen molar-refractivity contribution in [3.8, 4) is 0 Å². The second-order valence-corrected chi connectivity index (χ2v) is 5.19. The number of nitrogens with one attached hydrogen (secondary N) is 1. The van der Waals surface area contributed by atoms with Gasteiger partial charge in [-0.1, -0.05) is 23.8 Å². The average molecular weight is 233 g/mol. The van der Waals surface area contributed by atoms with Crippen molar-refractivity contribution in [3.63, 3.8) is 0 Å². The van der Waals surface area contributed by atoms with Gasteiger partial charge in [0.1, 0.15) is 0 Å². The summed E-state index contributed by atoms with van der Waals surface area (Å²) < 4.78 is 5.99. The molecule has 2 heteroatoms. The van der Waals surface area contributed by atoms with Crippen LogP contribution in [0.3, 0.4) is 0 Å². The Hall–Kier alpha value is -0.860. The average Bonchev–Trinajstić information content (AvgIpc) is 2.69. The molecule has 1 aromatic rings. The fourth-order valence-corrected chi connectivity index (χ4v) is 2.79. The van der Waals surface area contributed by atoms with Gasteiger partial charge in [-0.2, -0.15) is 0 Å². The molecule has 17 heavy (non-hydrogen) atoms. The minimum Gasteiger partial charge on any atom is -0.373 e. The highest BCUT2D eigenvalue weighted by molar-refractivity contribution is 5.33. The molecule has 0 radical (unpaired) electrons. The minimum atomic E-state index is 0.316. The number of ether oxygens (including phenoxy) is 1. The van der Waals surface area contributed by atoms with Gasteiger partial charge in [-0.15, -0.1) is 0 Å². The van der Waals surface area contributed by atoms with Crippen LogP contribution in [-0.4, -0.2) is 19.3 Å². The molecule has 0 spiro atoms. The molecule has 1 aromatic carbocycles. The first kappa shape index (κ1) is 12.6. The van der Waals surface area contributed by atoms with Gasteiger partial charge in [-0.25, -0.2) is 0 Å². The summed E-state index contributed by atoms with van der Waals surface area (Å²) in [5.41, 5.74) is 4.05. The molecule has 1 aliphatic rings. The molecule has 2 rings (SSSR count). The molecule has 0 aliphatic carbocycles. The van der Waals surface area contributed by atoms with Crippen LogP contribution in [0.15, 0.2) is 18.2 Å². The number of benzene rings is 1. The quantitative estimate of drug-likeness (QED) is 0.866. The molecule has 1 heterocycles. The lowest BCUT2D eigenvalue weighted by atomic mass is 9.94. The molecule has 1 N–H and O–H groups in total. The molecular weight excluding hydrogens is 210 g/mol. The van der Waals surface area contributed by atoms with Gasteiger partial charge in [0.05, 0.1) is 18.2 Å². The second kappa shape index (κ2) is 5.19. The molecule has 0 bridgehead atoms. The van der Waals surface area contributed by atoms with Crippen molar-refractivity contribution in [2.45, 2.75) is 51.9 Å². The van der Waals surface area contributed by atoms with Crippen LogP contribution in [0, 0.1) is 13.8 Å². The Balaban J connectivity index is 2.23. The van der Waals surface area contributed by atoms with Crippen LogP contribution in [0.1, 0.15) is 42.5 Å². The van der Waals surface area contributed by atoms with E-state index in [0.717, 1.165) is 6.42 Å². The zero-order valence-corrected chi connectivity index (χ0v) is 11.3. The normalized spacial score (nSPS) is 26.1. The Kier molecular flexibility index (Phi) is 3.85. The molecule has 2 nitrogen and oxygen atoms in total. The third-order valence-electron chi connectivity index (χ3n) is 3.71. The van der Waals surface area contributed by atoms with E-state index in [4.69, 9.17) is 4.74 Å². The summed E-state index contributed by atoms with van der Waals surface area (Å²) in [7, 11) is 2.02. The maximum atomic E-state index is 5.99. The Morgan fingerprint density at radius 2 is 2.06 bits per heavy atom. The van der Waals surface area contributed by atoms with Crippen LogP contribution >= 0.6 is 0 Å². The van der Waals surface area contributed by atoms with E-state index in [2.05, 4.69) is 44.3 Å². The number of hydrogen-bond acceptors (Lipinski definition) is 2. The van der Waals surface area contributed by atoms with E-state index in [1.165, 1.54) is 23.1 Å². The zero-order valence-electron chi connectivity index (χ0n) is 11.3. The molecule has 94 valence electrons. The molecule has 3 unspecified atom stereocenters. The maximum Gasteiger partial charge on any atom is 0.0774 e. The van der Waals surface area contributed by atoms with Gasteiger partial charge in [0, 0.05) is 0 Å². The van der Waals surface area contributed by atoms with Crippen molar-refractivity contribution < 1.29 is 4.74 Å². The van der Waals surface area contributed by atoms with Crippen molar-refractivity contribution in [1.82, 2.24) is 5.32 Å². The predicted molar refractivity (Wildman–Crippen MR) is 71.3 cm³/mol. The highest BCUT2D eigenvalue weighted by atomic mass is 16.5. The summed E-state index contributed by atoms with van der Waals surface area (Å²) in [5, 5.41) is 3.42. The van der Waals surface area contributed by atoms with Crippen molar-refractivity contribution >= 4 is 0 Å². The molecule has 0 aromatic heterocycles. The van der Waals surface area contributed by atoms with E-state index in [9.17, 15) is 0 Å². The largest absolute Gasteiger partial charge is 0.373 e. The minimum absolute atomic E-state index is 0.316. The summed E-state index contributed by atoms with van der Waals surface area (Å²) in [5.74, 6) is 0. The number of rotatable bonds is 3. The number of hydrogen-bond donors (Lipinski definition) is 1. The molecular formula is C15H23NO. The number of likely N-dealkylation sites (N-methyl/N-ethyl adjacent to an activating group) is 1. The van der Waals surface area contributed by atoms with Crippen molar-refractivity contribution in [1.29, 1.82) is 0 Å².